The summed E-state index contributed by atoms with van der Waals surface area (Å²) in [7, 11) is 0. The molecule has 0 aliphatic heterocycles. The van der Waals surface area contributed by atoms with Crippen LogP contribution in [0.25, 0.3) is 0 Å². The average Bonchev–Trinajstić information content (AvgIpc) is 2.82. The number of hydrogen-bond donors (Lipinski definition) is 3. The van der Waals surface area contributed by atoms with Gasteiger partial charge in [-0.15, -0.1) is 11.8 Å². The van der Waals surface area contributed by atoms with Crippen LogP contribution in [-0.2, 0) is 23.9 Å². The molecule has 0 heterocycles. The van der Waals surface area contributed by atoms with Gasteiger partial charge in [0.1, 0.15) is 12.6 Å². The molecule has 0 fully saturated rings. The van der Waals surface area contributed by atoms with Crippen LogP contribution in [0.1, 0.15) is 23.3 Å². The van der Waals surface area contributed by atoms with Crippen LogP contribution < -0.4 is 16.0 Å². The lowest BCUT2D eigenvalue weighted by Crippen LogP contribution is -2.48. The molecule has 2 rings (SSSR count). The molecule has 0 saturated heterocycles. The van der Waals surface area contributed by atoms with E-state index in [4.69, 9.17) is 4.74 Å². The minimum Gasteiger partial charge on any atom is -0.465 e. The number of carbonyl (C=O) groups excluding carboxylic acids is 4. The zero-order chi connectivity index (χ0) is 23.2. The molecule has 3 N–H and O–H groups in total. The molecule has 32 heavy (non-hydrogen) atoms. The van der Waals surface area contributed by atoms with E-state index in [1.165, 1.54) is 11.8 Å². The summed E-state index contributed by atoms with van der Waals surface area (Å²) in [6.07, 6.45) is 0.464. The number of hydrogen-bond acceptors (Lipinski definition) is 6. The fourth-order valence-corrected chi connectivity index (χ4v) is 4.18. The zero-order valence-electron chi connectivity index (χ0n) is 17.8. The van der Waals surface area contributed by atoms with E-state index >= 15 is 0 Å². The molecule has 2 aromatic carbocycles. The van der Waals surface area contributed by atoms with Gasteiger partial charge in [0, 0.05) is 5.75 Å². The predicted octanol–water partition coefficient (Wildman–Crippen LogP) is 1.42. The molecule has 3 amide bonds. The first-order chi connectivity index (χ1) is 15.5. The second-order valence-electron chi connectivity index (χ2n) is 6.67. The lowest BCUT2D eigenvalue weighted by molar-refractivity contribution is -0.143. The van der Waals surface area contributed by atoms with Gasteiger partial charge in [0.25, 0.3) is 0 Å². The van der Waals surface area contributed by atoms with Gasteiger partial charge >= 0.3 is 5.97 Å². The van der Waals surface area contributed by atoms with Crippen LogP contribution in [0.4, 0.5) is 0 Å². The first-order valence-electron chi connectivity index (χ1n) is 10.2. The lowest BCUT2D eigenvalue weighted by atomic mass is 10.0. The summed E-state index contributed by atoms with van der Waals surface area (Å²) in [4.78, 5) is 46.7. The molecule has 0 radical (unpaired) electrons. The van der Waals surface area contributed by atoms with E-state index in [1.54, 1.807) is 6.92 Å². The summed E-state index contributed by atoms with van der Waals surface area (Å²) in [5.74, 6) is -1.29. The third-order valence-corrected chi connectivity index (χ3v) is 5.78. The molecule has 8 nitrogen and oxygen atoms in total. The normalized spacial score (nSPS) is 11.3. The van der Waals surface area contributed by atoms with Crippen molar-refractivity contribution < 1.29 is 23.9 Å². The smallest absolute Gasteiger partial charge is 0.325 e. The summed E-state index contributed by atoms with van der Waals surface area (Å²) >= 11 is 1.51. The third kappa shape index (κ3) is 8.43. The maximum absolute atomic E-state index is 12.5. The second-order valence-corrected chi connectivity index (χ2v) is 7.81. The highest BCUT2D eigenvalue weighted by atomic mass is 32.2. The number of nitrogens with one attached hydrogen (secondary N) is 3. The Balaban J connectivity index is 1.95. The highest BCUT2D eigenvalue weighted by Crippen LogP contribution is 2.35. The molecule has 0 spiro atoms. The Bertz CT molecular complexity index is 840. The predicted molar refractivity (Wildman–Crippen MR) is 123 cm³/mol. The number of carbonyl (C=O) groups is 4. The quantitative estimate of drug-likeness (QED) is 0.310. The van der Waals surface area contributed by atoms with Crippen LogP contribution in [0.2, 0.25) is 0 Å². The molecular formula is C23H27N3O5S. The van der Waals surface area contributed by atoms with Crippen LogP contribution >= 0.6 is 11.8 Å². The van der Waals surface area contributed by atoms with Crippen LogP contribution in [0.15, 0.2) is 60.7 Å². The summed E-state index contributed by atoms with van der Waals surface area (Å²) in [6, 6.07) is 18.9. The van der Waals surface area contributed by atoms with Crippen molar-refractivity contribution in [1.29, 1.82) is 0 Å². The number of ether oxygens (including phenoxy) is 1. The molecule has 0 aliphatic carbocycles. The Morgan fingerprint density at radius 2 is 1.53 bits per heavy atom. The molecule has 0 aromatic heterocycles. The van der Waals surface area contributed by atoms with Gasteiger partial charge in [-0.25, -0.2) is 0 Å². The summed E-state index contributed by atoms with van der Waals surface area (Å²) in [6.45, 7) is 1.29. The maximum atomic E-state index is 12.5. The zero-order valence-corrected chi connectivity index (χ0v) is 18.6. The molecular weight excluding hydrogens is 430 g/mol. The Morgan fingerprint density at radius 3 is 2.06 bits per heavy atom. The average molecular weight is 458 g/mol. The first kappa shape index (κ1) is 24.9. The van der Waals surface area contributed by atoms with Gasteiger partial charge in [0.05, 0.1) is 18.4 Å². The van der Waals surface area contributed by atoms with Gasteiger partial charge in [-0.2, -0.15) is 0 Å². The van der Waals surface area contributed by atoms with Crippen molar-refractivity contribution in [3.63, 3.8) is 0 Å². The van der Waals surface area contributed by atoms with Crippen LogP contribution in [0.3, 0.4) is 0 Å². The van der Waals surface area contributed by atoms with Crippen LogP contribution in [0, 0.1) is 0 Å². The van der Waals surface area contributed by atoms with Crippen molar-refractivity contribution in [2.45, 2.75) is 18.2 Å². The standard InChI is InChI=1S/C23H27N3O5S/c1-2-31-21(29)14-24-20(28)13-25-23(30)19(26-16-27)15-32-22(17-9-5-3-6-10-17)18-11-7-4-8-12-18/h3-12,16,19,22H,2,13-15H2,1H3,(H,24,28)(H,25,30)(H,26,27). The highest BCUT2D eigenvalue weighted by molar-refractivity contribution is 7.99. The minimum atomic E-state index is -0.828. The van der Waals surface area contributed by atoms with E-state index in [1.807, 2.05) is 60.7 Å². The van der Waals surface area contributed by atoms with Gasteiger partial charge < -0.3 is 20.7 Å². The molecule has 0 aliphatic rings. The Morgan fingerprint density at radius 1 is 0.938 bits per heavy atom. The fourth-order valence-electron chi connectivity index (χ4n) is 2.85. The van der Waals surface area contributed by atoms with Gasteiger partial charge in [0.15, 0.2) is 0 Å². The van der Waals surface area contributed by atoms with Gasteiger partial charge in [-0.3, -0.25) is 19.2 Å². The van der Waals surface area contributed by atoms with Crippen molar-refractivity contribution in [3.05, 3.63) is 71.8 Å². The van der Waals surface area contributed by atoms with Crippen molar-refractivity contribution in [2.24, 2.45) is 0 Å². The molecule has 0 bridgehead atoms. The van der Waals surface area contributed by atoms with Crippen LogP contribution in [-0.4, -0.2) is 55.7 Å². The van der Waals surface area contributed by atoms with Crippen molar-refractivity contribution >= 4 is 36.0 Å². The Hall–Kier alpha value is -3.33. The summed E-state index contributed by atoms with van der Waals surface area (Å²) < 4.78 is 4.72. The Labute approximate surface area is 191 Å². The van der Waals surface area contributed by atoms with Gasteiger partial charge in [-0.05, 0) is 18.1 Å². The topological polar surface area (TPSA) is 114 Å². The molecule has 2 aromatic rings. The van der Waals surface area contributed by atoms with Crippen molar-refractivity contribution in [2.75, 3.05) is 25.4 Å². The molecule has 170 valence electrons. The highest BCUT2D eigenvalue weighted by Gasteiger charge is 2.22. The molecule has 1 unspecified atom stereocenters. The van der Waals surface area contributed by atoms with E-state index in [-0.39, 0.29) is 24.9 Å². The van der Waals surface area contributed by atoms with E-state index in [9.17, 15) is 19.2 Å². The van der Waals surface area contributed by atoms with Gasteiger partial charge in [0.2, 0.25) is 18.2 Å². The van der Waals surface area contributed by atoms with Crippen LogP contribution in [0.5, 0.6) is 0 Å². The van der Waals surface area contributed by atoms with Crippen molar-refractivity contribution in [3.8, 4) is 0 Å². The number of amides is 3. The maximum Gasteiger partial charge on any atom is 0.325 e. The van der Waals surface area contributed by atoms with E-state index in [2.05, 4.69) is 16.0 Å². The molecule has 1 atom stereocenters. The summed E-state index contributed by atoms with van der Waals surface area (Å²) in [5, 5.41) is 7.33. The number of esters is 1. The number of rotatable bonds is 13. The van der Waals surface area contributed by atoms with Crippen molar-refractivity contribution in [1.82, 2.24) is 16.0 Å². The number of thioether (sulfide) groups is 1. The first-order valence-corrected chi connectivity index (χ1v) is 11.2. The third-order valence-electron chi connectivity index (χ3n) is 4.38. The lowest BCUT2D eigenvalue weighted by Gasteiger charge is -2.21. The minimum absolute atomic E-state index is 0.0333. The summed E-state index contributed by atoms with van der Waals surface area (Å²) in [5.41, 5.74) is 2.15. The SMILES string of the molecule is CCOC(=O)CNC(=O)CNC(=O)C(CSC(c1ccccc1)c1ccccc1)NC=O. The largest absolute Gasteiger partial charge is 0.465 e. The van der Waals surface area contributed by atoms with Gasteiger partial charge in [-0.1, -0.05) is 60.7 Å². The monoisotopic (exact) mass is 457 g/mol. The van der Waals surface area contributed by atoms with E-state index in [0.29, 0.717) is 12.2 Å². The molecule has 9 heteroatoms. The second kappa shape index (κ2) is 13.9. The van der Waals surface area contributed by atoms with E-state index in [0.717, 1.165) is 11.1 Å². The Kier molecular flexibility index (Phi) is 10.8. The number of benzene rings is 2. The van der Waals surface area contributed by atoms with E-state index < -0.39 is 23.8 Å². The molecule has 0 saturated carbocycles. The fraction of sp³-hybridized carbons (Fsp3) is 0.304.